The highest BCUT2D eigenvalue weighted by Gasteiger charge is 2.17. The van der Waals surface area contributed by atoms with Gasteiger partial charge in [-0.1, -0.05) is 18.2 Å². The lowest BCUT2D eigenvalue weighted by Crippen LogP contribution is -2.44. The van der Waals surface area contributed by atoms with E-state index in [4.69, 9.17) is 21.1 Å². The first-order valence-electron chi connectivity index (χ1n) is 11.2. The topological polar surface area (TPSA) is 91.8 Å². The van der Waals surface area contributed by atoms with E-state index in [0.717, 1.165) is 44.0 Å². The molecule has 2 heterocycles. The molecule has 9 nitrogen and oxygen atoms in total. The smallest absolute Gasteiger partial charge is 0.247 e. The van der Waals surface area contributed by atoms with Crippen LogP contribution < -0.4 is 25.0 Å². The normalized spacial score (nSPS) is 13.7. The third kappa shape index (κ3) is 6.02. The molecule has 0 bridgehead atoms. The molecule has 1 amide bonds. The maximum atomic E-state index is 14.4. The van der Waals surface area contributed by atoms with Crippen LogP contribution in [0.1, 0.15) is 0 Å². The van der Waals surface area contributed by atoms with Crippen molar-refractivity contribution in [2.75, 3.05) is 55.9 Å². The van der Waals surface area contributed by atoms with Crippen LogP contribution in [-0.2, 0) is 4.79 Å². The van der Waals surface area contributed by atoms with Gasteiger partial charge >= 0.3 is 0 Å². The van der Waals surface area contributed by atoms with E-state index < -0.39 is 11.7 Å². The zero-order chi connectivity index (χ0) is 25.7. The van der Waals surface area contributed by atoms with Gasteiger partial charge in [-0.15, -0.1) is 0 Å². The molecule has 0 atom stereocenters. The third-order valence-corrected chi connectivity index (χ3v) is 5.86. The SMILES string of the molecule is C=CC(=O)Nc1ccc(F)c(Oc2nc(Nc3ccc(N4CCN(C)CC4)cc3OC)ncc2Cl)c1. The van der Waals surface area contributed by atoms with Crippen LogP contribution in [0.25, 0.3) is 0 Å². The van der Waals surface area contributed by atoms with E-state index in [0.29, 0.717) is 17.1 Å². The maximum Gasteiger partial charge on any atom is 0.247 e. The van der Waals surface area contributed by atoms with Gasteiger partial charge in [-0.25, -0.2) is 9.37 Å². The fourth-order valence-corrected chi connectivity index (χ4v) is 3.73. The second kappa shape index (κ2) is 11.2. The Labute approximate surface area is 213 Å². The molecule has 4 rings (SSSR count). The molecule has 2 N–H and O–H groups in total. The van der Waals surface area contributed by atoms with Gasteiger partial charge in [-0.3, -0.25) is 4.79 Å². The summed E-state index contributed by atoms with van der Waals surface area (Å²) in [5.74, 6) is -0.532. The zero-order valence-electron chi connectivity index (χ0n) is 19.9. The molecule has 1 aromatic heterocycles. The van der Waals surface area contributed by atoms with E-state index in [9.17, 15) is 9.18 Å². The number of amides is 1. The summed E-state index contributed by atoms with van der Waals surface area (Å²) >= 11 is 6.21. The number of methoxy groups -OCH3 is 1. The van der Waals surface area contributed by atoms with E-state index in [1.165, 1.54) is 18.3 Å². The minimum absolute atomic E-state index is 0.0618. The van der Waals surface area contributed by atoms with Crippen LogP contribution in [0.5, 0.6) is 17.4 Å². The van der Waals surface area contributed by atoms with Crippen LogP contribution >= 0.6 is 11.6 Å². The lowest BCUT2D eigenvalue weighted by atomic mass is 10.2. The summed E-state index contributed by atoms with van der Waals surface area (Å²) in [6, 6.07) is 9.73. The molecule has 188 valence electrons. The van der Waals surface area contributed by atoms with Gasteiger partial charge in [-0.05, 0) is 37.4 Å². The van der Waals surface area contributed by atoms with Crippen LogP contribution in [-0.4, -0.2) is 61.1 Å². The highest BCUT2D eigenvalue weighted by molar-refractivity contribution is 6.31. The van der Waals surface area contributed by atoms with E-state index in [1.54, 1.807) is 7.11 Å². The van der Waals surface area contributed by atoms with E-state index in [1.807, 2.05) is 18.2 Å². The van der Waals surface area contributed by atoms with Crippen molar-refractivity contribution in [2.45, 2.75) is 0 Å². The zero-order valence-corrected chi connectivity index (χ0v) is 20.7. The number of hydrogen-bond donors (Lipinski definition) is 2. The van der Waals surface area contributed by atoms with E-state index >= 15 is 0 Å². The Morgan fingerprint density at radius 1 is 1.17 bits per heavy atom. The number of aromatic nitrogens is 2. The number of carbonyl (C=O) groups is 1. The molecular formula is C25H26ClFN6O3. The number of carbonyl (C=O) groups excluding carboxylic acids is 1. The number of halogens is 2. The average Bonchev–Trinajstić information content (AvgIpc) is 2.88. The number of benzene rings is 2. The monoisotopic (exact) mass is 512 g/mol. The van der Waals surface area contributed by atoms with Gasteiger partial charge in [0.2, 0.25) is 17.7 Å². The molecule has 0 saturated carbocycles. The van der Waals surface area contributed by atoms with Gasteiger partial charge in [0.1, 0.15) is 10.8 Å². The Bertz CT molecular complexity index is 1270. The second-order valence-electron chi connectivity index (χ2n) is 8.09. The molecule has 11 heteroatoms. The molecule has 1 aliphatic heterocycles. The molecule has 1 aliphatic rings. The summed E-state index contributed by atoms with van der Waals surface area (Å²) in [5.41, 5.74) is 2.03. The minimum Gasteiger partial charge on any atom is -0.494 e. The number of hydrogen-bond acceptors (Lipinski definition) is 8. The third-order valence-electron chi connectivity index (χ3n) is 5.60. The summed E-state index contributed by atoms with van der Waals surface area (Å²) in [5, 5.41) is 5.73. The van der Waals surface area contributed by atoms with Crippen molar-refractivity contribution in [3.63, 3.8) is 0 Å². The largest absolute Gasteiger partial charge is 0.494 e. The van der Waals surface area contributed by atoms with E-state index in [-0.39, 0.29) is 22.6 Å². The van der Waals surface area contributed by atoms with Gasteiger partial charge in [-0.2, -0.15) is 4.98 Å². The molecule has 0 radical (unpaired) electrons. The van der Waals surface area contributed by atoms with Crippen LogP contribution in [0.3, 0.4) is 0 Å². The molecule has 0 spiro atoms. The number of likely N-dealkylation sites (N-methyl/N-ethyl adjacent to an activating group) is 1. The van der Waals surface area contributed by atoms with E-state index in [2.05, 4.69) is 44.0 Å². The number of nitrogens with zero attached hydrogens (tertiary/aromatic N) is 4. The Morgan fingerprint density at radius 2 is 1.94 bits per heavy atom. The first-order chi connectivity index (χ1) is 17.4. The van der Waals surface area contributed by atoms with Gasteiger partial charge in [0.15, 0.2) is 11.6 Å². The van der Waals surface area contributed by atoms with Crippen LogP contribution in [0.4, 0.5) is 27.4 Å². The summed E-state index contributed by atoms with van der Waals surface area (Å²) in [6.07, 6.45) is 2.45. The van der Waals surface area contributed by atoms with Crippen LogP contribution in [0.2, 0.25) is 5.02 Å². The lowest BCUT2D eigenvalue weighted by Gasteiger charge is -2.34. The van der Waals surface area contributed by atoms with Crippen molar-refractivity contribution in [2.24, 2.45) is 0 Å². The standard InChI is InChI=1S/C25H26ClFN6O3/c1-4-23(34)29-16-5-7-19(27)21(13-16)36-24-18(26)15-28-25(31-24)30-20-8-6-17(14-22(20)35-3)33-11-9-32(2)10-12-33/h4-8,13-15H,1,9-12H2,2-3H3,(H,29,34)(H,28,30,31). The summed E-state index contributed by atoms with van der Waals surface area (Å²) in [7, 11) is 3.70. The number of rotatable bonds is 8. The molecular weight excluding hydrogens is 487 g/mol. The van der Waals surface area contributed by atoms with Crippen LogP contribution in [0, 0.1) is 5.82 Å². The predicted octanol–water partition coefficient (Wildman–Crippen LogP) is 4.69. The first-order valence-corrected chi connectivity index (χ1v) is 11.6. The fraction of sp³-hybridized carbons (Fsp3) is 0.240. The number of anilines is 4. The molecule has 0 aliphatic carbocycles. The van der Waals surface area contributed by atoms with Crippen molar-refractivity contribution in [3.05, 3.63) is 66.1 Å². The molecule has 1 saturated heterocycles. The minimum atomic E-state index is -0.656. The molecule has 36 heavy (non-hydrogen) atoms. The fourth-order valence-electron chi connectivity index (χ4n) is 3.61. The Balaban J connectivity index is 1.53. The Kier molecular flexibility index (Phi) is 7.87. The van der Waals surface area contributed by atoms with Crippen molar-refractivity contribution >= 4 is 40.5 Å². The van der Waals surface area contributed by atoms with Crippen molar-refractivity contribution < 1.29 is 18.7 Å². The highest BCUT2D eigenvalue weighted by atomic mass is 35.5. The summed E-state index contributed by atoms with van der Waals surface area (Å²) in [6.45, 7) is 7.25. The van der Waals surface area contributed by atoms with Crippen molar-refractivity contribution in [1.29, 1.82) is 0 Å². The van der Waals surface area contributed by atoms with Crippen molar-refractivity contribution in [3.8, 4) is 17.4 Å². The highest BCUT2D eigenvalue weighted by Crippen LogP contribution is 2.34. The van der Waals surface area contributed by atoms with Crippen LogP contribution in [0.15, 0.2) is 55.3 Å². The number of ether oxygens (including phenoxy) is 2. The lowest BCUT2D eigenvalue weighted by molar-refractivity contribution is -0.111. The van der Waals surface area contributed by atoms with Gasteiger partial charge in [0.25, 0.3) is 0 Å². The van der Waals surface area contributed by atoms with Gasteiger partial charge < -0.3 is 29.9 Å². The quantitative estimate of drug-likeness (QED) is 0.420. The average molecular weight is 513 g/mol. The first kappa shape index (κ1) is 25.2. The molecule has 2 aromatic carbocycles. The molecule has 1 fully saturated rings. The number of nitrogens with one attached hydrogen (secondary N) is 2. The summed E-state index contributed by atoms with van der Waals surface area (Å²) < 4.78 is 25.6. The maximum absolute atomic E-state index is 14.4. The second-order valence-corrected chi connectivity index (χ2v) is 8.49. The molecule has 0 unspecified atom stereocenters. The Hall–Kier alpha value is -3.89. The van der Waals surface area contributed by atoms with Gasteiger partial charge in [0, 0.05) is 49.7 Å². The Morgan fingerprint density at radius 3 is 2.67 bits per heavy atom. The summed E-state index contributed by atoms with van der Waals surface area (Å²) in [4.78, 5) is 24.6. The van der Waals surface area contributed by atoms with Gasteiger partial charge in [0.05, 0.1) is 19.0 Å². The molecule has 3 aromatic rings. The predicted molar refractivity (Wildman–Crippen MR) is 138 cm³/mol. The van der Waals surface area contributed by atoms with Crippen molar-refractivity contribution in [1.82, 2.24) is 14.9 Å². The number of piperazine rings is 1.